The molecule has 2 amide bonds. The van der Waals surface area contributed by atoms with Gasteiger partial charge in [0.2, 0.25) is 0 Å². The predicted octanol–water partition coefficient (Wildman–Crippen LogP) is 6.43. The van der Waals surface area contributed by atoms with E-state index in [1.54, 1.807) is 34.1 Å². The molecule has 49 heavy (non-hydrogen) atoms. The number of carbonyl (C=O) groups is 2. The van der Waals surface area contributed by atoms with E-state index in [2.05, 4.69) is 23.1 Å². The van der Waals surface area contributed by atoms with Crippen molar-refractivity contribution in [1.29, 1.82) is 0 Å². The van der Waals surface area contributed by atoms with Crippen LogP contribution < -0.4 is 0 Å². The maximum Gasteiger partial charge on any atom is 0.410 e. The van der Waals surface area contributed by atoms with E-state index in [1.165, 1.54) is 5.56 Å². The molecular weight excluding hydrogens is 620 g/mol. The minimum absolute atomic E-state index is 0.145. The number of rotatable bonds is 7. The number of benzene rings is 2. The first-order valence-electron chi connectivity index (χ1n) is 17.0. The van der Waals surface area contributed by atoms with Crippen LogP contribution in [0.4, 0.5) is 4.79 Å². The van der Waals surface area contributed by atoms with Crippen molar-refractivity contribution < 1.29 is 24.2 Å². The van der Waals surface area contributed by atoms with Gasteiger partial charge in [0.25, 0.3) is 5.91 Å². The van der Waals surface area contributed by atoms with Gasteiger partial charge in [0.15, 0.2) is 11.9 Å². The van der Waals surface area contributed by atoms with Crippen molar-refractivity contribution in [3.05, 3.63) is 77.0 Å². The number of piperazine rings is 1. The third-order valence-corrected chi connectivity index (χ3v) is 8.61. The van der Waals surface area contributed by atoms with Crippen LogP contribution >= 0.6 is 0 Å². The molecule has 1 unspecified atom stereocenters. The molecule has 0 saturated carbocycles. The number of carbonyl (C=O) groups excluding carboxylic acids is 2. The number of nitrogens with zero attached hydrogens (tertiary/aromatic N) is 6. The number of phenolic OH excluding ortho intramolecular Hbond substituents is 1. The summed E-state index contributed by atoms with van der Waals surface area (Å²) in [6.45, 7) is 8.43. The zero-order chi connectivity index (χ0) is 34.7. The smallest absolute Gasteiger partial charge is 0.410 e. The van der Waals surface area contributed by atoms with Gasteiger partial charge in [-0.1, -0.05) is 30.3 Å². The fourth-order valence-electron chi connectivity index (χ4n) is 6.27. The lowest BCUT2D eigenvalue weighted by Gasteiger charge is -2.35. The van der Waals surface area contributed by atoms with E-state index in [0.29, 0.717) is 60.8 Å². The van der Waals surface area contributed by atoms with Crippen LogP contribution in [0.2, 0.25) is 0 Å². The van der Waals surface area contributed by atoms with Crippen LogP contribution in [-0.4, -0.2) is 99.1 Å². The molecule has 2 aliphatic rings. The van der Waals surface area contributed by atoms with E-state index in [-0.39, 0.29) is 24.0 Å². The fourth-order valence-corrected chi connectivity index (χ4v) is 6.27. The van der Waals surface area contributed by atoms with E-state index in [4.69, 9.17) is 19.6 Å². The van der Waals surface area contributed by atoms with Gasteiger partial charge in [-0.2, -0.15) is 5.10 Å². The van der Waals surface area contributed by atoms with Gasteiger partial charge in [0.1, 0.15) is 11.4 Å². The molecular formula is C38H46N6O5. The van der Waals surface area contributed by atoms with Crippen LogP contribution in [-0.2, 0) is 16.0 Å². The van der Waals surface area contributed by atoms with Crippen LogP contribution in [0.3, 0.4) is 0 Å². The summed E-state index contributed by atoms with van der Waals surface area (Å²) in [6.07, 6.45) is 6.05. The summed E-state index contributed by atoms with van der Waals surface area (Å²) < 4.78 is 13.6. The highest BCUT2D eigenvalue weighted by molar-refractivity contribution is 6.09. The minimum atomic E-state index is -0.600. The molecule has 2 aromatic carbocycles. The molecule has 2 aliphatic heterocycles. The van der Waals surface area contributed by atoms with Crippen molar-refractivity contribution >= 4 is 35.2 Å². The average Bonchev–Trinajstić information content (AvgIpc) is 3.45. The van der Waals surface area contributed by atoms with Gasteiger partial charge in [-0.25, -0.2) is 14.5 Å². The standard InChI is InChI=1S/C38H46N6O5/c1-38(2,3)49-37(47)43-20-18-42(19-21-43)36(46)30-24-32(28-13-15-29(45)16-14-28)39-35-34(30)31(40-44(35)33-11-6-7-22-48-33)17-12-26-9-8-10-27(23-26)25-41(4)5/h8-10,12-17,23-24,33,45H,6-7,11,18-22,25H2,1-5H3/b17-12+. The Morgan fingerprint density at radius 2 is 1.73 bits per heavy atom. The maximum absolute atomic E-state index is 14.5. The number of phenols is 1. The average molecular weight is 667 g/mol. The zero-order valence-electron chi connectivity index (χ0n) is 29.1. The van der Waals surface area contributed by atoms with Crippen LogP contribution in [0.1, 0.15) is 73.4 Å². The lowest BCUT2D eigenvalue weighted by Crippen LogP contribution is -2.51. The number of fused-ring (bicyclic) bond motifs is 1. The lowest BCUT2D eigenvalue weighted by molar-refractivity contribution is -0.0370. The van der Waals surface area contributed by atoms with Crippen LogP contribution in [0.5, 0.6) is 5.75 Å². The number of amides is 2. The largest absolute Gasteiger partial charge is 0.508 e. The Morgan fingerprint density at radius 3 is 2.41 bits per heavy atom. The van der Waals surface area contributed by atoms with Crippen molar-refractivity contribution in [3.63, 3.8) is 0 Å². The van der Waals surface area contributed by atoms with Crippen molar-refractivity contribution in [3.8, 4) is 17.0 Å². The molecule has 1 atom stereocenters. The molecule has 11 nitrogen and oxygen atoms in total. The molecule has 11 heteroatoms. The number of aromatic nitrogens is 3. The summed E-state index contributed by atoms with van der Waals surface area (Å²) in [5.74, 6) is -0.0188. The second kappa shape index (κ2) is 14.4. The second-order valence-corrected chi connectivity index (χ2v) is 14.0. The first-order chi connectivity index (χ1) is 23.4. The van der Waals surface area contributed by atoms with Crippen molar-refractivity contribution in [2.45, 2.75) is 58.4 Å². The third kappa shape index (κ3) is 8.12. The highest BCUT2D eigenvalue weighted by atomic mass is 16.6. The summed E-state index contributed by atoms with van der Waals surface area (Å²) >= 11 is 0. The number of pyridine rings is 1. The Kier molecular flexibility index (Phi) is 10.0. The SMILES string of the molecule is CN(C)Cc1cccc(/C=C/c2nn(C3CCCCO3)c3nc(-c4ccc(O)cc4)cc(C(=O)N4CCN(C(=O)OC(C)(C)C)CC4)c23)c1. The van der Waals surface area contributed by atoms with E-state index in [0.717, 1.165) is 36.9 Å². The van der Waals surface area contributed by atoms with Gasteiger partial charge in [0, 0.05) is 44.9 Å². The Balaban J connectivity index is 1.43. The molecule has 2 saturated heterocycles. The molecule has 2 fully saturated rings. The maximum atomic E-state index is 14.5. The molecule has 0 bridgehead atoms. The highest BCUT2D eigenvalue weighted by Crippen LogP contribution is 2.34. The fraction of sp³-hybridized carbons (Fsp3) is 0.421. The van der Waals surface area contributed by atoms with Crippen LogP contribution in [0, 0.1) is 0 Å². The quantitative estimate of drug-likeness (QED) is 0.240. The Morgan fingerprint density at radius 1 is 1.00 bits per heavy atom. The predicted molar refractivity (Wildman–Crippen MR) is 190 cm³/mol. The lowest BCUT2D eigenvalue weighted by atomic mass is 10.0. The van der Waals surface area contributed by atoms with E-state index in [1.807, 2.05) is 63.8 Å². The summed E-state index contributed by atoms with van der Waals surface area (Å²) in [5, 5.41) is 15.7. The monoisotopic (exact) mass is 666 g/mol. The van der Waals surface area contributed by atoms with Crippen molar-refractivity contribution in [2.75, 3.05) is 46.9 Å². The van der Waals surface area contributed by atoms with Crippen molar-refractivity contribution in [2.24, 2.45) is 0 Å². The summed E-state index contributed by atoms with van der Waals surface area (Å²) in [5.41, 5.74) is 4.63. The van der Waals surface area contributed by atoms with Gasteiger partial charge in [-0.15, -0.1) is 0 Å². The first-order valence-corrected chi connectivity index (χ1v) is 17.0. The van der Waals surface area contributed by atoms with E-state index in [9.17, 15) is 14.7 Å². The number of hydrogen-bond acceptors (Lipinski definition) is 8. The summed E-state index contributed by atoms with van der Waals surface area (Å²) in [4.78, 5) is 38.0. The number of ether oxygens (including phenoxy) is 2. The van der Waals surface area contributed by atoms with Gasteiger partial charge in [-0.05, 0) is 102 Å². The highest BCUT2D eigenvalue weighted by Gasteiger charge is 2.31. The zero-order valence-corrected chi connectivity index (χ0v) is 29.1. The minimum Gasteiger partial charge on any atom is -0.508 e. The summed E-state index contributed by atoms with van der Waals surface area (Å²) in [6, 6.07) is 17.0. The molecule has 258 valence electrons. The third-order valence-electron chi connectivity index (χ3n) is 8.61. The molecule has 1 N–H and O–H groups in total. The van der Waals surface area contributed by atoms with Gasteiger partial charge >= 0.3 is 6.09 Å². The van der Waals surface area contributed by atoms with Crippen molar-refractivity contribution in [1.82, 2.24) is 29.5 Å². The second-order valence-electron chi connectivity index (χ2n) is 14.0. The molecule has 0 aliphatic carbocycles. The van der Waals surface area contributed by atoms with Gasteiger partial charge in [0.05, 0.1) is 22.3 Å². The Bertz CT molecular complexity index is 1830. The van der Waals surface area contributed by atoms with Crippen LogP contribution in [0.15, 0.2) is 54.6 Å². The number of hydrogen-bond donors (Lipinski definition) is 1. The Hall–Kier alpha value is -4.74. The normalized spacial score (nSPS) is 17.3. The molecule has 4 aromatic rings. The molecule has 4 heterocycles. The van der Waals surface area contributed by atoms with Gasteiger partial charge < -0.3 is 29.3 Å². The van der Waals surface area contributed by atoms with E-state index >= 15 is 0 Å². The summed E-state index contributed by atoms with van der Waals surface area (Å²) in [7, 11) is 4.09. The molecule has 0 radical (unpaired) electrons. The molecule has 2 aromatic heterocycles. The molecule has 0 spiro atoms. The van der Waals surface area contributed by atoms with Gasteiger partial charge in [-0.3, -0.25) is 4.79 Å². The Labute approximate surface area is 287 Å². The molecule has 6 rings (SSSR count). The topological polar surface area (TPSA) is 113 Å². The number of aromatic hydroxyl groups is 1. The first kappa shape index (κ1) is 34.1. The van der Waals surface area contributed by atoms with E-state index < -0.39 is 5.60 Å². The van der Waals surface area contributed by atoms with Crippen LogP contribution in [0.25, 0.3) is 34.4 Å².